The predicted molar refractivity (Wildman–Crippen MR) is 42.0 cm³/mol. The lowest BCUT2D eigenvalue weighted by molar-refractivity contribution is -0.117. The van der Waals surface area contributed by atoms with Gasteiger partial charge in [0.15, 0.2) is 5.76 Å². The molecule has 3 heteroatoms. The fourth-order valence-corrected chi connectivity index (χ4v) is 1.94. The lowest BCUT2D eigenvalue weighted by Crippen LogP contribution is -2.12. The molecule has 1 aliphatic heterocycles. The molecule has 0 aromatic rings. The first-order valence-corrected chi connectivity index (χ1v) is 4.15. The van der Waals surface area contributed by atoms with E-state index in [9.17, 15) is 4.79 Å². The van der Waals surface area contributed by atoms with Crippen LogP contribution in [0.4, 0.5) is 0 Å². The molecule has 0 aromatic heterocycles. The Balaban J connectivity index is 2.77. The van der Waals surface area contributed by atoms with Gasteiger partial charge in [-0.2, -0.15) is 0 Å². The molecular formula is C7H10O2S. The van der Waals surface area contributed by atoms with Gasteiger partial charge in [-0.15, -0.1) is 11.8 Å². The molecule has 1 rings (SSSR count). The van der Waals surface area contributed by atoms with Crippen molar-refractivity contribution in [1.29, 1.82) is 0 Å². The summed E-state index contributed by atoms with van der Waals surface area (Å²) in [6.07, 6.45) is 0.797. The van der Waals surface area contributed by atoms with Gasteiger partial charge in [0.25, 0.3) is 0 Å². The van der Waals surface area contributed by atoms with E-state index in [1.54, 1.807) is 6.92 Å². The van der Waals surface area contributed by atoms with Gasteiger partial charge in [-0.1, -0.05) is 6.92 Å². The molecule has 56 valence electrons. The number of thioether (sulfide) groups is 1. The molecule has 1 N–H and O–H groups in total. The number of rotatable bonds is 1. The maximum absolute atomic E-state index is 11.0. The quantitative estimate of drug-likeness (QED) is 0.633. The number of hydrogen-bond donors (Lipinski definition) is 1. The topological polar surface area (TPSA) is 37.3 Å². The number of carbonyl (C=O) groups excluding carboxylic acids is 1. The van der Waals surface area contributed by atoms with Crippen LogP contribution in [0.5, 0.6) is 0 Å². The summed E-state index contributed by atoms with van der Waals surface area (Å²) in [4.78, 5) is 11.8. The summed E-state index contributed by atoms with van der Waals surface area (Å²) < 4.78 is 0. The van der Waals surface area contributed by atoms with Crippen LogP contribution in [0.25, 0.3) is 0 Å². The van der Waals surface area contributed by atoms with Gasteiger partial charge in [0.05, 0.1) is 5.25 Å². The van der Waals surface area contributed by atoms with Crippen molar-refractivity contribution in [3.05, 3.63) is 10.7 Å². The molecule has 0 spiro atoms. The van der Waals surface area contributed by atoms with E-state index in [0.717, 1.165) is 11.3 Å². The Morgan fingerprint density at radius 2 is 2.30 bits per heavy atom. The number of aliphatic hydroxyl groups excluding tert-OH is 1. The van der Waals surface area contributed by atoms with E-state index in [0.29, 0.717) is 0 Å². The van der Waals surface area contributed by atoms with Crippen molar-refractivity contribution >= 4 is 17.5 Å². The molecule has 0 aliphatic carbocycles. The van der Waals surface area contributed by atoms with Gasteiger partial charge >= 0.3 is 0 Å². The SMILES string of the molecule is CCC1SC(C)=C(O)C1=O. The monoisotopic (exact) mass is 158 g/mol. The van der Waals surface area contributed by atoms with Crippen LogP contribution in [0, 0.1) is 0 Å². The van der Waals surface area contributed by atoms with Crippen molar-refractivity contribution in [2.24, 2.45) is 0 Å². The molecule has 1 atom stereocenters. The van der Waals surface area contributed by atoms with Crippen LogP contribution in [0.15, 0.2) is 10.7 Å². The molecule has 1 heterocycles. The van der Waals surface area contributed by atoms with Crippen LogP contribution in [0.1, 0.15) is 20.3 Å². The number of carbonyl (C=O) groups is 1. The first-order valence-electron chi connectivity index (χ1n) is 3.27. The molecule has 0 saturated carbocycles. The zero-order valence-corrected chi connectivity index (χ0v) is 6.86. The van der Waals surface area contributed by atoms with E-state index in [-0.39, 0.29) is 16.8 Å². The fraction of sp³-hybridized carbons (Fsp3) is 0.571. The Hall–Kier alpha value is -0.440. The first-order chi connectivity index (χ1) is 4.66. The van der Waals surface area contributed by atoms with Crippen molar-refractivity contribution in [2.45, 2.75) is 25.5 Å². The molecule has 1 aliphatic rings. The smallest absolute Gasteiger partial charge is 0.211 e. The van der Waals surface area contributed by atoms with Gasteiger partial charge in [0.2, 0.25) is 5.78 Å². The highest BCUT2D eigenvalue weighted by atomic mass is 32.2. The minimum absolute atomic E-state index is 0.0278. The standard InChI is InChI=1S/C7H10O2S/c1-3-5-7(9)6(8)4(2)10-5/h5,8H,3H2,1-2H3. The Morgan fingerprint density at radius 3 is 2.50 bits per heavy atom. The van der Waals surface area contributed by atoms with Gasteiger partial charge in [-0.25, -0.2) is 0 Å². The van der Waals surface area contributed by atoms with Gasteiger partial charge in [-0.05, 0) is 13.3 Å². The molecule has 0 amide bonds. The highest BCUT2D eigenvalue weighted by Gasteiger charge is 2.29. The third kappa shape index (κ3) is 1.06. The average Bonchev–Trinajstić information content (AvgIpc) is 2.17. The number of ketones is 1. The van der Waals surface area contributed by atoms with Crippen molar-refractivity contribution in [3.8, 4) is 0 Å². The highest BCUT2D eigenvalue weighted by molar-refractivity contribution is 8.04. The fourth-order valence-electron chi connectivity index (χ4n) is 0.917. The van der Waals surface area contributed by atoms with E-state index >= 15 is 0 Å². The van der Waals surface area contributed by atoms with Crippen LogP contribution < -0.4 is 0 Å². The number of aliphatic hydroxyl groups is 1. The summed E-state index contributed by atoms with van der Waals surface area (Å²) in [7, 11) is 0. The molecule has 2 nitrogen and oxygen atoms in total. The van der Waals surface area contributed by atoms with Crippen molar-refractivity contribution in [1.82, 2.24) is 0 Å². The predicted octanol–water partition coefficient (Wildman–Crippen LogP) is 1.87. The number of allylic oxidation sites excluding steroid dienone is 2. The number of Topliss-reactive ketones (excluding diaryl/α,β-unsaturated/α-hetero) is 1. The Labute approximate surface area is 64.3 Å². The minimum Gasteiger partial charge on any atom is -0.504 e. The highest BCUT2D eigenvalue weighted by Crippen LogP contribution is 2.34. The zero-order valence-electron chi connectivity index (χ0n) is 6.05. The molecule has 10 heavy (non-hydrogen) atoms. The summed E-state index contributed by atoms with van der Waals surface area (Å²) in [5, 5.41) is 9.05. The van der Waals surface area contributed by atoms with Crippen LogP contribution in [-0.2, 0) is 4.79 Å². The van der Waals surface area contributed by atoms with Crippen molar-refractivity contribution in [2.75, 3.05) is 0 Å². The van der Waals surface area contributed by atoms with Gasteiger partial charge < -0.3 is 5.11 Å². The molecule has 1 unspecified atom stereocenters. The average molecular weight is 158 g/mol. The summed E-state index contributed by atoms with van der Waals surface area (Å²) in [5.41, 5.74) is 0. The summed E-state index contributed by atoms with van der Waals surface area (Å²) in [6.45, 7) is 3.72. The molecule has 0 aromatic carbocycles. The molecule has 0 fully saturated rings. The molecule has 0 radical (unpaired) electrons. The second-order valence-corrected chi connectivity index (χ2v) is 3.70. The maximum atomic E-state index is 11.0. The maximum Gasteiger partial charge on any atom is 0.211 e. The van der Waals surface area contributed by atoms with Gasteiger partial charge in [0.1, 0.15) is 0 Å². The lowest BCUT2D eigenvalue weighted by Gasteiger charge is -2.00. The normalized spacial score (nSPS) is 26.2. The summed E-state index contributed by atoms with van der Waals surface area (Å²) >= 11 is 1.46. The van der Waals surface area contributed by atoms with E-state index in [2.05, 4.69) is 0 Å². The van der Waals surface area contributed by atoms with Crippen molar-refractivity contribution in [3.63, 3.8) is 0 Å². The van der Waals surface area contributed by atoms with Crippen molar-refractivity contribution < 1.29 is 9.90 Å². The van der Waals surface area contributed by atoms with E-state index < -0.39 is 0 Å². The first kappa shape index (κ1) is 7.66. The second-order valence-electron chi connectivity index (χ2n) is 2.28. The Morgan fingerprint density at radius 1 is 1.70 bits per heavy atom. The second kappa shape index (κ2) is 2.66. The largest absolute Gasteiger partial charge is 0.504 e. The summed E-state index contributed by atoms with van der Waals surface area (Å²) in [5.74, 6) is -0.137. The third-order valence-corrected chi connectivity index (χ3v) is 2.93. The van der Waals surface area contributed by atoms with E-state index in [1.165, 1.54) is 11.8 Å². The lowest BCUT2D eigenvalue weighted by atomic mass is 10.2. The van der Waals surface area contributed by atoms with Gasteiger partial charge in [0, 0.05) is 4.91 Å². The Kier molecular flexibility index (Phi) is 2.04. The molecule has 0 bridgehead atoms. The molecular weight excluding hydrogens is 148 g/mol. The zero-order chi connectivity index (χ0) is 7.72. The third-order valence-electron chi connectivity index (χ3n) is 1.55. The van der Waals surface area contributed by atoms with E-state index in [1.807, 2.05) is 6.92 Å². The van der Waals surface area contributed by atoms with E-state index in [4.69, 9.17) is 5.11 Å². The molecule has 0 saturated heterocycles. The number of hydrogen-bond acceptors (Lipinski definition) is 3. The van der Waals surface area contributed by atoms with Crippen LogP contribution in [-0.4, -0.2) is 16.1 Å². The van der Waals surface area contributed by atoms with Gasteiger partial charge in [-0.3, -0.25) is 4.79 Å². The van der Waals surface area contributed by atoms with Crippen LogP contribution in [0.2, 0.25) is 0 Å². The van der Waals surface area contributed by atoms with Crippen LogP contribution >= 0.6 is 11.8 Å². The Bertz CT molecular complexity index is 196. The summed E-state index contributed by atoms with van der Waals surface area (Å²) in [6, 6.07) is 0. The van der Waals surface area contributed by atoms with Crippen LogP contribution in [0.3, 0.4) is 0 Å². The minimum atomic E-state index is -0.106.